The first-order valence-electron chi connectivity index (χ1n) is 11.9. The topological polar surface area (TPSA) is 78.3 Å². The zero-order valence-corrected chi connectivity index (χ0v) is 22.2. The number of benzene rings is 3. The first kappa shape index (κ1) is 24.4. The molecule has 0 unspecified atom stereocenters. The van der Waals surface area contributed by atoms with E-state index in [0.29, 0.717) is 28.0 Å². The van der Waals surface area contributed by atoms with E-state index < -0.39 is 0 Å². The first-order valence-corrected chi connectivity index (χ1v) is 13.8. The molecule has 0 saturated heterocycles. The Morgan fingerprint density at radius 3 is 2.74 bits per heavy atom. The Morgan fingerprint density at radius 1 is 1.11 bits per heavy atom. The van der Waals surface area contributed by atoms with E-state index in [4.69, 9.17) is 19.6 Å². The van der Waals surface area contributed by atoms with Crippen LogP contribution in [0, 0.1) is 12.7 Å². The number of para-hydroxylation sites is 1. The van der Waals surface area contributed by atoms with Gasteiger partial charge in [0.1, 0.15) is 18.2 Å². The number of ether oxygens (including phenoxy) is 2. The molecule has 1 atom stereocenters. The number of nitrogens with one attached hydrogen (secondary N) is 1. The highest BCUT2D eigenvalue weighted by Crippen LogP contribution is 2.46. The van der Waals surface area contributed by atoms with Crippen LogP contribution in [0.3, 0.4) is 0 Å². The maximum atomic E-state index is 14.1. The van der Waals surface area contributed by atoms with Gasteiger partial charge in [0.05, 0.1) is 34.0 Å². The van der Waals surface area contributed by atoms with Gasteiger partial charge in [0.15, 0.2) is 11.5 Å². The fraction of sp³-hybridized carbons (Fsp3) is 0.179. The summed E-state index contributed by atoms with van der Waals surface area (Å²) in [6, 6.07) is 20.1. The van der Waals surface area contributed by atoms with Crippen molar-refractivity contribution in [3.8, 4) is 16.6 Å². The van der Waals surface area contributed by atoms with Gasteiger partial charge in [0.2, 0.25) is 11.0 Å². The Labute approximate surface area is 226 Å². The standard InChI is InChI=1S/C28H23FN4O3S2/c1-16-25-26(17-11-12-21(22(13-17)35-2)36-14-18-7-3-4-8-19(18)29)37-15-24(34)31-27(25)33(32-16)28-30-20-9-5-6-10-23(20)38-28/h3-13,26H,14-15H2,1-2H3,(H,31,34)/t26-/m1/s1. The van der Waals surface area contributed by atoms with Crippen LogP contribution in [0.5, 0.6) is 11.5 Å². The summed E-state index contributed by atoms with van der Waals surface area (Å²) in [6.45, 7) is 2.02. The van der Waals surface area contributed by atoms with Crippen molar-refractivity contribution in [2.24, 2.45) is 0 Å². The fourth-order valence-electron chi connectivity index (χ4n) is 4.47. The van der Waals surface area contributed by atoms with E-state index in [9.17, 15) is 9.18 Å². The molecule has 10 heteroatoms. The highest BCUT2D eigenvalue weighted by molar-refractivity contribution is 8.00. The number of aromatic nitrogens is 3. The second-order valence-electron chi connectivity index (χ2n) is 8.75. The highest BCUT2D eigenvalue weighted by Gasteiger charge is 2.32. The summed E-state index contributed by atoms with van der Waals surface area (Å²) in [5.41, 5.74) is 4.01. The Morgan fingerprint density at radius 2 is 1.92 bits per heavy atom. The molecule has 5 aromatic rings. The summed E-state index contributed by atoms with van der Waals surface area (Å²) < 4.78 is 28.4. The number of rotatable bonds is 6. The molecule has 0 fully saturated rings. The number of carbonyl (C=O) groups is 1. The smallest absolute Gasteiger partial charge is 0.235 e. The molecule has 7 nitrogen and oxygen atoms in total. The van der Waals surface area contributed by atoms with Crippen LogP contribution >= 0.6 is 23.1 Å². The number of nitrogens with zero attached hydrogens (tertiary/aromatic N) is 3. The van der Waals surface area contributed by atoms with E-state index in [1.165, 1.54) is 29.2 Å². The third-order valence-corrected chi connectivity index (χ3v) is 8.59. The minimum atomic E-state index is -0.316. The number of fused-ring (bicyclic) bond motifs is 2. The molecule has 1 N–H and O–H groups in total. The van der Waals surface area contributed by atoms with Crippen LogP contribution in [0.15, 0.2) is 66.7 Å². The van der Waals surface area contributed by atoms with Gasteiger partial charge in [0, 0.05) is 11.1 Å². The molecular formula is C28H23FN4O3S2. The predicted octanol–water partition coefficient (Wildman–Crippen LogP) is 6.29. The molecule has 192 valence electrons. The van der Waals surface area contributed by atoms with Gasteiger partial charge in [-0.25, -0.2) is 9.37 Å². The number of hydrogen-bond acceptors (Lipinski definition) is 7. The average Bonchev–Trinajstić information content (AvgIpc) is 3.44. The van der Waals surface area contributed by atoms with E-state index in [0.717, 1.165) is 27.0 Å². The minimum absolute atomic E-state index is 0.0805. The first-order chi connectivity index (χ1) is 18.5. The number of amides is 1. The number of aryl methyl sites for hydroxylation is 1. The van der Waals surface area contributed by atoms with Crippen LogP contribution in [0.4, 0.5) is 10.2 Å². The van der Waals surface area contributed by atoms with Gasteiger partial charge < -0.3 is 14.8 Å². The lowest BCUT2D eigenvalue weighted by Gasteiger charge is -2.18. The van der Waals surface area contributed by atoms with Gasteiger partial charge >= 0.3 is 0 Å². The third-order valence-electron chi connectivity index (χ3n) is 6.30. The number of methoxy groups -OCH3 is 1. The summed E-state index contributed by atoms with van der Waals surface area (Å²) in [5.74, 6) is 1.53. The molecular weight excluding hydrogens is 523 g/mol. The molecule has 3 aromatic carbocycles. The summed E-state index contributed by atoms with van der Waals surface area (Å²) in [5, 5.41) is 8.35. The van der Waals surface area contributed by atoms with E-state index in [1.807, 2.05) is 49.4 Å². The molecule has 1 aliphatic rings. The molecule has 2 aromatic heterocycles. The molecule has 6 rings (SSSR count). The van der Waals surface area contributed by atoms with Crippen LogP contribution < -0.4 is 14.8 Å². The number of thioether (sulfide) groups is 1. The van der Waals surface area contributed by atoms with E-state index in [1.54, 1.807) is 30.0 Å². The predicted molar refractivity (Wildman–Crippen MR) is 148 cm³/mol. The van der Waals surface area contributed by atoms with Crippen molar-refractivity contribution in [2.75, 3.05) is 18.2 Å². The van der Waals surface area contributed by atoms with Crippen LogP contribution in [-0.4, -0.2) is 33.5 Å². The highest BCUT2D eigenvalue weighted by atomic mass is 32.2. The molecule has 1 amide bonds. The van der Waals surface area contributed by atoms with Crippen molar-refractivity contribution in [2.45, 2.75) is 18.8 Å². The molecule has 3 heterocycles. The van der Waals surface area contributed by atoms with Crippen LogP contribution in [0.25, 0.3) is 15.3 Å². The largest absolute Gasteiger partial charge is 0.493 e. The van der Waals surface area contributed by atoms with Crippen molar-refractivity contribution in [1.82, 2.24) is 14.8 Å². The summed E-state index contributed by atoms with van der Waals surface area (Å²) >= 11 is 3.05. The third kappa shape index (κ3) is 4.50. The van der Waals surface area contributed by atoms with E-state index in [2.05, 4.69) is 5.32 Å². The van der Waals surface area contributed by atoms with Crippen molar-refractivity contribution >= 4 is 45.0 Å². The molecule has 0 bridgehead atoms. The molecule has 38 heavy (non-hydrogen) atoms. The second-order valence-corrected chi connectivity index (χ2v) is 10.9. The van der Waals surface area contributed by atoms with Crippen LogP contribution in [0.1, 0.15) is 27.6 Å². The molecule has 0 saturated carbocycles. The lowest BCUT2D eigenvalue weighted by molar-refractivity contribution is -0.113. The maximum Gasteiger partial charge on any atom is 0.235 e. The fourth-order valence-corrected chi connectivity index (χ4v) is 6.58. The Balaban J connectivity index is 1.37. The van der Waals surface area contributed by atoms with Gasteiger partial charge in [0.25, 0.3) is 0 Å². The number of hydrogen-bond donors (Lipinski definition) is 1. The van der Waals surface area contributed by atoms with Gasteiger partial charge in [-0.2, -0.15) is 9.78 Å². The SMILES string of the molecule is COc1cc([C@H]2SCC(=O)Nc3c2c(C)nn3-c2nc3ccccc3s2)ccc1OCc1ccccc1F. The van der Waals surface area contributed by atoms with Crippen LogP contribution in [0.2, 0.25) is 0 Å². The average molecular weight is 547 g/mol. The van der Waals surface area contributed by atoms with E-state index >= 15 is 0 Å². The second kappa shape index (κ2) is 10.1. The summed E-state index contributed by atoms with van der Waals surface area (Å²) in [7, 11) is 1.57. The van der Waals surface area contributed by atoms with Gasteiger partial charge in [-0.1, -0.05) is 47.7 Å². The quantitative estimate of drug-likeness (QED) is 0.270. The number of thiazole rings is 1. The van der Waals surface area contributed by atoms with Crippen molar-refractivity contribution in [1.29, 1.82) is 0 Å². The molecule has 0 aliphatic carbocycles. The van der Waals surface area contributed by atoms with Crippen molar-refractivity contribution < 1.29 is 18.7 Å². The minimum Gasteiger partial charge on any atom is -0.493 e. The number of anilines is 1. The zero-order valence-electron chi connectivity index (χ0n) is 20.6. The monoisotopic (exact) mass is 546 g/mol. The number of carbonyl (C=O) groups excluding carboxylic acids is 1. The number of halogens is 1. The lowest BCUT2D eigenvalue weighted by Crippen LogP contribution is -2.15. The van der Waals surface area contributed by atoms with Gasteiger partial charge in [-0.05, 0) is 42.8 Å². The Kier molecular flexibility index (Phi) is 6.50. The van der Waals surface area contributed by atoms with Crippen molar-refractivity contribution in [3.63, 3.8) is 0 Å². The summed E-state index contributed by atoms with van der Waals surface area (Å²) in [6.07, 6.45) is 0. The zero-order chi connectivity index (χ0) is 26.2. The normalized spacial score (nSPS) is 15.1. The molecule has 0 radical (unpaired) electrons. The van der Waals surface area contributed by atoms with Crippen molar-refractivity contribution in [3.05, 3.63) is 94.9 Å². The molecule has 1 aliphatic heterocycles. The Bertz CT molecular complexity index is 1630. The van der Waals surface area contributed by atoms with E-state index in [-0.39, 0.29) is 29.3 Å². The van der Waals surface area contributed by atoms with Gasteiger partial charge in [-0.3, -0.25) is 4.79 Å². The molecule has 0 spiro atoms. The summed E-state index contributed by atoms with van der Waals surface area (Å²) in [4.78, 5) is 17.5. The Hall–Kier alpha value is -3.89. The van der Waals surface area contributed by atoms with Crippen LogP contribution in [-0.2, 0) is 11.4 Å². The van der Waals surface area contributed by atoms with Gasteiger partial charge in [-0.15, -0.1) is 11.8 Å². The lowest BCUT2D eigenvalue weighted by atomic mass is 10.0. The maximum absolute atomic E-state index is 14.1.